The number of carbonyl (C=O) groups is 1. The monoisotopic (exact) mass is 394 g/mol. The second-order valence-electron chi connectivity index (χ2n) is 8.01. The van der Waals surface area contributed by atoms with Crippen LogP contribution in [0.1, 0.15) is 46.6 Å². The Morgan fingerprint density at radius 3 is 2.66 bits per heavy atom. The van der Waals surface area contributed by atoms with Crippen molar-refractivity contribution in [1.29, 1.82) is 0 Å². The van der Waals surface area contributed by atoms with E-state index >= 15 is 0 Å². The standard InChI is InChI=1S/C23H30N4O2/c1-18-24-15-21(16-25-18)23(28)27(22-8-13-29-14-9-22)11-4-10-26-12-7-19-5-2-3-6-20(19)17-26/h2-3,5-6,15-16,22H,4,7-14,17H2,1H3. The smallest absolute Gasteiger partial charge is 0.257 e. The molecule has 29 heavy (non-hydrogen) atoms. The minimum absolute atomic E-state index is 0.0425. The number of nitrogens with zero attached hydrogens (tertiary/aromatic N) is 4. The fourth-order valence-corrected chi connectivity index (χ4v) is 4.33. The molecule has 0 bridgehead atoms. The number of hydrogen-bond donors (Lipinski definition) is 0. The van der Waals surface area contributed by atoms with Crippen LogP contribution in [-0.2, 0) is 17.7 Å². The Morgan fingerprint density at radius 1 is 1.17 bits per heavy atom. The van der Waals surface area contributed by atoms with Gasteiger partial charge < -0.3 is 9.64 Å². The summed E-state index contributed by atoms with van der Waals surface area (Å²) in [4.78, 5) is 26.2. The number of ether oxygens (including phenoxy) is 1. The van der Waals surface area contributed by atoms with Gasteiger partial charge in [-0.2, -0.15) is 0 Å². The quantitative estimate of drug-likeness (QED) is 0.754. The molecule has 0 unspecified atom stereocenters. The summed E-state index contributed by atoms with van der Waals surface area (Å²) in [7, 11) is 0. The average molecular weight is 395 g/mol. The van der Waals surface area contributed by atoms with Gasteiger partial charge in [-0.25, -0.2) is 9.97 Å². The van der Waals surface area contributed by atoms with E-state index in [4.69, 9.17) is 4.74 Å². The summed E-state index contributed by atoms with van der Waals surface area (Å²) in [6.45, 7) is 7.15. The second kappa shape index (κ2) is 9.46. The Labute approximate surface area is 172 Å². The van der Waals surface area contributed by atoms with E-state index in [-0.39, 0.29) is 11.9 Å². The maximum absolute atomic E-state index is 13.2. The van der Waals surface area contributed by atoms with E-state index in [0.717, 1.165) is 65.1 Å². The highest BCUT2D eigenvalue weighted by Gasteiger charge is 2.27. The molecule has 0 radical (unpaired) electrons. The normalized spacial score (nSPS) is 17.7. The summed E-state index contributed by atoms with van der Waals surface area (Å²) in [5.41, 5.74) is 3.49. The van der Waals surface area contributed by atoms with Crippen LogP contribution >= 0.6 is 0 Å². The molecular weight excluding hydrogens is 364 g/mol. The molecule has 6 heteroatoms. The van der Waals surface area contributed by atoms with Crippen molar-refractivity contribution < 1.29 is 9.53 Å². The lowest BCUT2D eigenvalue weighted by Crippen LogP contribution is -2.45. The molecule has 2 aliphatic rings. The van der Waals surface area contributed by atoms with E-state index in [1.165, 1.54) is 11.1 Å². The predicted molar refractivity (Wildman–Crippen MR) is 112 cm³/mol. The van der Waals surface area contributed by atoms with E-state index in [1.807, 2.05) is 11.8 Å². The van der Waals surface area contributed by atoms with Crippen LogP contribution in [0, 0.1) is 6.92 Å². The van der Waals surface area contributed by atoms with E-state index in [0.29, 0.717) is 11.4 Å². The first-order valence-corrected chi connectivity index (χ1v) is 10.7. The molecule has 2 aromatic rings. The van der Waals surface area contributed by atoms with Crippen molar-refractivity contribution in [2.45, 2.75) is 45.2 Å². The lowest BCUT2D eigenvalue weighted by molar-refractivity contribution is 0.0278. The van der Waals surface area contributed by atoms with Crippen LogP contribution in [0.4, 0.5) is 0 Å². The van der Waals surface area contributed by atoms with Crippen molar-refractivity contribution in [3.8, 4) is 0 Å². The van der Waals surface area contributed by atoms with Gasteiger partial charge in [0.1, 0.15) is 5.82 Å². The average Bonchev–Trinajstić information content (AvgIpc) is 2.77. The lowest BCUT2D eigenvalue weighted by atomic mass is 10.00. The number of amides is 1. The van der Waals surface area contributed by atoms with Gasteiger partial charge in [0.2, 0.25) is 0 Å². The molecule has 0 N–H and O–H groups in total. The first-order chi connectivity index (χ1) is 14.2. The molecule has 1 saturated heterocycles. The number of hydrogen-bond acceptors (Lipinski definition) is 5. The van der Waals surface area contributed by atoms with Crippen molar-refractivity contribution in [2.24, 2.45) is 0 Å². The van der Waals surface area contributed by atoms with E-state index < -0.39 is 0 Å². The summed E-state index contributed by atoms with van der Waals surface area (Å²) >= 11 is 0. The maximum Gasteiger partial charge on any atom is 0.257 e. The SMILES string of the molecule is Cc1ncc(C(=O)N(CCCN2CCc3ccccc3C2)C2CCOCC2)cn1. The van der Waals surface area contributed by atoms with E-state index in [9.17, 15) is 4.79 Å². The highest BCUT2D eigenvalue weighted by atomic mass is 16.5. The van der Waals surface area contributed by atoms with Crippen LogP contribution < -0.4 is 0 Å². The molecule has 2 aliphatic heterocycles. The summed E-state index contributed by atoms with van der Waals surface area (Å²) in [6, 6.07) is 8.95. The number of aryl methyl sites for hydroxylation is 1. The number of aromatic nitrogens is 2. The van der Waals surface area contributed by atoms with E-state index in [1.54, 1.807) is 12.4 Å². The van der Waals surface area contributed by atoms with Crippen molar-refractivity contribution in [3.63, 3.8) is 0 Å². The molecule has 0 saturated carbocycles. The Kier molecular flexibility index (Phi) is 6.52. The Bertz CT molecular complexity index is 818. The Balaban J connectivity index is 1.38. The minimum Gasteiger partial charge on any atom is -0.381 e. The van der Waals surface area contributed by atoms with Crippen molar-refractivity contribution in [1.82, 2.24) is 19.8 Å². The summed E-state index contributed by atoms with van der Waals surface area (Å²) < 4.78 is 5.51. The van der Waals surface area contributed by atoms with Gasteiger partial charge in [0, 0.05) is 57.8 Å². The molecule has 154 valence electrons. The summed E-state index contributed by atoms with van der Waals surface area (Å²) in [5, 5.41) is 0. The first-order valence-electron chi connectivity index (χ1n) is 10.7. The molecule has 0 aliphatic carbocycles. The Hall–Kier alpha value is -2.31. The third kappa shape index (κ3) is 5.00. The Morgan fingerprint density at radius 2 is 1.90 bits per heavy atom. The zero-order valence-electron chi connectivity index (χ0n) is 17.2. The van der Waals surface area contributed by atoms with Gasteiger partial charge in [0.15, 0.2) is 0 Å². The fourth-order valence-electron chi connectivity index (χ4n) is 4.33. The topological polar surface area (TPSA) is 58.6 Å². The third-order valence-corrected chi connectivity index (χ3v) is 6.00. The molecule has 1 aromatic carbocycles. The van der Waals surface area contributed by atoms with Gasteiger partial charge in [0.05, 0.1) is 5.56 Å². The van der Waals surface area contributed by atoms with Crippen LogP contribution in [0.3, 0.4) is 0 Å². The molecule has 1 amide bonds. The highest BCUT2D eigenvalue weighted by Crippen LogP contribution is 2.20. The molecule has 4 rings (SSSR count). The number of carbonyl (C=O) groups excluding carboxylic acids is 1. The van der Waals surface area contributed by atoms with Gasteiger partial charge in [-0.15, -0.1) is 0 Å². The highest BCUT2D eigenvalue weighted by molar-refractivity contribution is 5.93. The summed E-state index contributed by atoms with van der Waals surface area (Å²) in [6.07, 6.45) is 7.18. The number of rotatable bonds is 6. The van der Waals surface area contributed by atoms with Gasteiger partial charge in [-0.1, -0.05) is 24.3 Å². The zero-order valence-corrected chi connectivity index (χ0v) is 17.2. The molecule has 1 aromatic heterocycles. The van der Waals surface area contributed by atoms with Crippen LogP contribution in [-0.4, -0.2) is 64.6 Å². The minimum atomic E-state index is 0.0425. The fraction of sp³-hybridized carbons (Fsp3) is 0.522. The third-order valence-electron chi connectivity index (χ3n) is 6.00. The van der Waals surface area contributed by atoms with Crippen LogP contribution in [0.25, 0.3) is 0 Å². The molecule has 0 atom stereocenters. The molecular formula is C23H30N4O2. The number of benzene rings is 1. The van der Waals surface area contributed by atoms with Crippen molar-refractivity contribution >= 4 is 5.91 Å². The molecule has 0 spiro atoms. The maximum atomic E-state index is 13.2. The van der Waals surface area contributed by atoms with Gasteiger partial charge in [-0.05, 0) is 43.7 Å². The largest absolute Gasteiger partial charge is 0.381 e. The first kappa shape index (κ1) is 20.0. The summed E-state index contributed by atoms with van der Waals surface area (Å²) in [5.74, 6) is 0.727. The van der Waals surface area contributed by atoms with Crippen LogP contribution in [0.5, 0.6) is 0 Å². The van der Waals surface area contributed by atoms with E-state index in [2.05, 4.69) is 39.1 Å². The predicted octanol–water partition coefficient (Wildman–Crippen LogP) is 2.85. The van der Waals surface area contributed by atoms with Crippen LogP contribution in [0.15, 0.2) is 36.7 Å². The van der Waals surface area contributed by atoms with Gasteiger partial charge >= 0.3 is 0 Å². The number of fused-ring (bicyclic) bond motifs is 1. The van der Waals surface area contributed by atoms with Crippen LogP contribution in [0.2, 0.25) is 0 Å². The lowest BCUT2D eigenvalue weighted by Gasteiger charge is -2.35. The van der Waals surface area contributed by atoms with Crippen molar-refractivity contribution in [3.05, 3.63) is 59.2 Å². The van der Waals surface area contributed by atoms with Gasteiger partial charge in [-0.3, -0.25) is 9.69 Å². The molecule has 1 fully saturated rings. The van der Waals surface area contributed by atoms with Gasteiger partial charge in [0.25, 0.3) is 5.91 Å². The van der Waals surface area contributed by atoms with Crippen molar-refractivity contribution in [2.75, 3.05) is 32.8 Å². The zero-order chi connectivity index (χ0) is 20.1. The molecule has 3 heterocycles. The second-order valence-corrected chi connectivity index (χ2v) is 8.01. The molecule has 6 nitrogen and oxygen atoms in total.